The van der Waals surface area contributed by atoms with Crippen molar-refractivity contribution in [2.45, 2.75) is 139 Å². The lowest BCUT2D eigenvalue weighted by atomic mass is 9.31. The molecule has 3 nitrogen and oxygen atoms in total. The molecule has 0 aliphatic heterocycles. The van der Waals surface area contributed by atoms with Crippen LogP contribution in [0.5, 0.6) is 0 Å². The SMILES string of the molecule is CC/C=C\[C@@](C)(O)OC[C@@]1(C)C(=O)CC[C@@]2(C)[C@H]1CC[C@]1(C)[C@@H]2CC[C@@H]2[C@@H]3[C@@H](C)[C@H](C)CC[C@]3(C)CC[C@]21C. The van der Waals surface area contributed by atoms with E-state index in [1.165, 1.54) is 44.9 Å². The average molecular weight is 541 g/mol. The third-order valence-corrected chi connectivity index (χ3v) is 14.9. The average Bonchev–Trinajstić information content (AvgIpc) is 2.88. The van der Waals surface area contributed by atoms with Gasteiger partial charge in [0.1, 0.15) is 5.78 Å². The number of hydrogen-bond donors (Lipinski definition) is 1. The molecule has 12 atom stereocenters. The van der Waals surface area contributed by atoms with Crippen molar-refractivity contribution < 1.29 is 14.6 Å². The predicted octanol–water partition coefficient (Wildman–Crippen LogP) is 8.98. The topological polar surface area (TPSA) is 46.5 Å². The van der Waals surface area contributed by atoms with Crippen LogP contribution in [0.25, 0.3) is 0 Å². The third kappa shape index (κ3) is 4.28. The monoisotopic (exact) mass is 540 g/mol. The molecule has 0 bridgehead atoms. The molecule has 5 aliphatic carbocycles. The van der Waals surface area contributed by atoms with Crippen molar-refractivity contribution >= 4 is 5.78 Å². The first kappa shape index (κ1) is 29.8. The summed E-state index contributed by atoms with van der Waals surface area (Å²) in [5, 5.41) is 10.9. The van der Waals surface area contributed by atoms with Crippen LogP contribution in [-0.2, 0) is 9.53 Å². The van der Waals surface area contributed by atoms with Crippen LogP contribution >= 0.6 is 0 Å². The fraction of sp³-hybridized carbons (Fsp3) is 0.917. The van der Waals surface area contributed by atoms with Crippen LogP contribution < -0.4 is 0 Å². The van der Waals surface area contributed by atoms with E-state index in [4.69, 9.17) is 4.74 Å². The summed E-state index contributed by atoms with van der Waals surface area (Å²) in [7, 11) is 0. The minimum absolute atomic E-state index is 0.143. The summed E-state index contributed by atoms with van der Waals surface area (Å²) in [6, 6.07) is 0. The van der Waals surface area contributed by atoms with Gasteiger partial charge in [-0.15, -0.1) is 0 Å². The van der Waals surface area contributed by atoms with Gasteiger partial charge in [0.15, 0.2) is 5.79 Å². The van der Waals surface area contributed by atoms with E-state index in [1.807, 2.05) is 6.08 Å². The molecule has 5 saturated carbocycles. The van der Waals surface area contributed by atoms with Crippen molar-refractivity contribution in [3.63, 3.8) is 0 Å². The van der Waals surface area contributed by atoms with Crippen molar-refractivity contribution in [1.29, 1.82) is 0 Å². The maximum absolute atomic E-state index is 13.7. The molecular weight excluding hydrogens is 480 g/mol. The molecule has 0 spiro atoms. The molecule has 0 heterocycles. The van der Waals surface area contributed by atoms with E-state index in [2.05, 4.69) is 55.4 Å². The number of carbonyl (C=O) groups is 1. The number of aliphatic hydroxyl groups is 1. The second-order valence-electron chi connectivity index (χ2n) is 16.7. The fourth-order valence-electron chi connectivity index (χ4n) is 12.2. The highest BCUT2D eigenvalue weighted by Gasteiger charge is 2.70. The molecule has 0 aromatic rings. The van der Waals surface area contributed by atoms with Crippen molar-refractivity contribution in [1.82, 2.24) is 0 Å². The van der Waals surface area contributed by atoms with Gasteiger partial charge in [-0.05, 0) is 134 Å². The number of fused-ring (bicyclic) bond motifs is 7. The zero-order chi connectivity index (χ0) is 28.6. The zero-order valence-corrected chi connectivity index (χ0v) is 26.9. The molecule has 0 aromatic carbocycles. The Kier molecular flexibility index (Phi) is 7.40. The summed E-state index contributed by atoms with van der Waals surface area (Å²) in [6.07, 6.45) is 16.9. The van der Waals surface area contributed by atoms with Crippen molar-refractivity contribution in [2.75, 3.05) is 6.61 Å². The summed E-state index contributed by atoms with van der Waals surface area (Å²) >= 11 is 0. The lowest BCUT2D eigenvalue weighted by Gasteiger charge is -2.73. The molecular formula is C36H60O3. The molecule has 0 radical (unpaired) electrons. The van der Waals surface area contributed by atoms with Crippen LogP contribution in [0.15, 0.2) is 12.2 Å². The Morgan fingerprint density at radius 2 is 1.64 bits per heavy atom. The maximum Gasteiger partial charge on any atom is 0.182 e. The lowest BCUT2D eigenvalue weighted by molar-refractivity contribution is -0.253. The van der Waals surface area contributed by atoms with Crippen molar-refractivity contribution in [3.8, 4) is 0 Å². The minimum Gasteiger partial charge on any atom is -0.362 e. The van der Waals surface area contributed by atoms with Gasteiger partial charge in [0.05, 0.1) is 12.0 Å². The summed E-state index contributed by atoms with van der Waals surface area (Å²) in [4.78, 5) is 13.7. The summed E-state index contributed by atoms with van der Waals surface area (Å²) in [5.41, 5.74) is 0.832. The van der Waals surface area contributed by atoms with Crippen LogP contribution in [0, 0.1) is 62.6 Å². The summed E-state index contributed by atoms with van der Waals surface area (Å²) in [5.74, 6) is 3.34. The van der Waals surface area contributed by atoms with Crippen LogP contribution in [0.3, 0.4) is 0 Å². The number of rotatable bonds is 5. The van der Waals surface area contributed by atoms with E-state index in [1.54, 1.807) is 13.0 Å². The molecule has 1 N–H and O–H groups in total. The Balaban J connectivity index is 1.45. The van der Waals surface area contributed by atoms with Gasteiger partial charge >= 0.3 is 0 Å². The van der Waals surface area contributed by atoms with Gasteiger partial charge in [0, 0.05) is 6.42 Å². The van der Waals surface area contributed by atoms with E-state index in [0.717, 1.165) is 42.9 Å². The Hall–Kier alpha value is -0.670. The minimum atomic E-state index is -1.33. The quantitative estimate of drug-likeness (QED) is 0.279. The second-order valence-corrected chi connectivity index (χ2v) is 16.7. The number of ether oxygens (including phenoxy) is 1. The molecule has 39 heavy (non-hydrogen) atoms. The number of Topliss-reactive ketones (excluding diaryl/α,β-unsaturated/α-hetero) is 1. The van der Waals surface area contributed by atoms with E-state index in [9.17, 15) is 9.90 Å². The highest BCUT2D eigenvalue weighted by Crippen LogP contribution is 2.76. The van der Waals surface area contributed by atoms with Gasteiger partial charge in [-0.1, -0.05) is 61.5 Å². The van der Waals surface area contributed by atoms with E-state index in [0.29, 0.717) is 46.9 Å². The largest absolute Gasteiger partial charge is 0.362 e. The van der Waals surface area contributed by atoms with Crippen LogP contribution in [0.2, 0.25) is 0 Å². The molecule has 5 fully saturated rings. The number of ketones is 1. The van der Waals surface area contributed by atoms with E-state index >= 15 is 0 Å². The predicted molar refractivity (Wildman–Crippen MR) is 160 cm³/mol. The van der Waals surface area contributed by atoms with Gasteiger partial charge < -0.3 is 9.84 Å². The van der Waals surface area contributed by atoms with Crippen molar-refractivity contribution in [3.05, 3.63) is 12.2 Å². The van der Waals surface area contributed by atoms with Crippen molar-refractivity contribution in [2.24, 2.45) is 62.6 Å². The highest BCUT2D eigenvalue weighted by molar-refractivity contribution is 5.86. The highest BCUT2D eigenvalue weighted by atomic mass is 16.6. The van der Waals surface area contributed by atoms with Gasteiger partial charge in [-0.25, -0.2) is 0 Å². The standard InChI is InChI=1S/C36H60O3/c1-10-11-17-36(9,38)39-23-33(6)27-15-20-35(8)28(32(27,5)19-16-29(33)37)13-12-26-30-25(3)24(2)14-18-31(30,4)21-22-34(26,35)7/h11,17,24-28,30,38H,10,12-16,18-23H2,1-9H3/b17-11-/t24-,25+,26-,27-,28-,30+,31-,32+,33-,34-,35-,36+/m1/s1. The van der Waals surface area contributed by atoms with Gasteiger partial charge in [-0.3, -0.25) is 4.79 Å². The molecule has 0 aromatic heterocycles. The first-order valence-corrected chi connectivity index (χ1v) is 16.7. The van der Waals surface area contributed by atoms with Crippen LogP contribution in [0.1, 0.15) is 133 Å². The Morgan fingerprint density at radius 3 is 2.33 bits per heavy atom. The summed E-state index contributed by atoms with van der Waals surface area (Å²) < 4.78 is 6.15. The number of allylic oxidation sites excluding steroid dienone is 1. The molecule has 5 aliphatic rings. The Labute approximate surface area is 240 Å². The molecule has 222 valence electrons. The number of hydrogen-bond acceptors (Lipinski definition) is 3. The zero-order valence-electron chi connectivity index (χ0n) is 26.9. The molecule has 0 saturated heterocycles. The van der Waals surface area contributed by atoms with Gasteiger partial charge in [0.2, 0.25) is 0 Å². The normalized spacial score (nSPS) is 53.3. The van der Waals surface area contributed by atoms with E-state index < -0.39 is 11.2 Å². The maximum atomic E-state index is 13.7. The van der Waals surface area contributed by atoms with Gasteiger partial charge in [-0.2, -0.15) is 0 Å². The Morgan fingerprint density at radius 1 is 0.923 bits per heavy atom. The van der Waals surface area contributed by atoms with Gasteiger partial charge in [0.25, 0.3) is 0 Å². The number of carbonyl (C=O) groups excluding carboxylic acids is 1. The molecule has 0 amide bonds. The summed E-state index contributed by atoms with van der Waals surface area (Å²) in [6.45, 7) is 22.0. The van der Waals surface area contributed by atoms with Crippen LogP contribution in [-0.4, -0.2) is 23.3 Å². The molecule has 5 rings (SSSR count). The lowest BCUT2D eigenvalue weighted by Crippen LogP contribution is -2.67. The molecule has 0 unspecified atom stereocenters. The Bertz CT molecular complexity index is 984. The molecule has 3 heteroatoms. The fourth-order valence-corrected chi connectivity index (χ4v) is 12.2. The van der Waals surface area contributed by atoms with E-state index in [-0.39, 0.29) is 5.41 Å². The third-order valence-electron chi connectivity index (χ3n) is 14.9. The first-order valence-electron chi connectivity index (χ1n) is 16.7. The smallest absolute Gasteiger partial charge is 0.182 e. The second kappa shape index (κ2) is 9.68. The van der Waals surface area contributed by atoms with Crippen LogP contribution in [0.4, 0.5) is 0 Å². The first-order chi connectivity index (χ1) is 18.1.